The Balaban J connectivity index is 1.56. The molecule has 1 N–H and O–H groups in total. The Labute approximate surface area is 112 Å². The highest BCUT2D eigenvalue weighted by molar-refractivity contribution is 5.28. The van der Waals surface area contributed by atoms with E-state index in [9.17, 15) is 0 Å². The van der Waals surface area contributed by atoms with Crippen molar-refractivity contribution in [3.05, 3.63) is 5.89 Å². The minimum Gasteiger partial charge on any atom is -0.375 e. The molecule has 0 aliphatic carbocycles. The summed E-state index contributed by atoms with van der Waals surface area (Å²) < 4.78 is 11.0. The molecule has 0 bridgehead atoms. The molecule has 1 unspecified atom stereocenters. The van der Waals surface area contributed by atoms with Gasteiger partial charge in [-0.15, -0.1) is 0 Å². The maximum Gasteiger partial charge on any atom is 0.266 e. The molecule has 7 nitrogen and oxygen atoms in total. The third kappa shape index (κ3) is 3.23. The highest BCUT2D eigenvalue weighted by Gasteiger charge is 2.21. The van der Waals surface area contributed by atoms with Gasteiger partial charge in [0.2, 0.25) is 5.89 Å². The van der Waals surface area contributed by atoms with E-state index in [1.807, 2.05) is 0 Å². The van der Waals surface area contributed by atoms with Crippen LogP contribution in [0, 0.1) is 0 Å². The molecule has 2 aliphatic rings. The van der Waals surface area contributed by atoms with Gasteiger partial charge < -0.3 is 24.4 Å². The van der Waals surface area contributed by atoms with E-state index in [4.69, 9.17) is 9.26 Å². The summed E-state index contributed by atoms with van der Waals surface area (Å²) in [7, 11) is 2.13. The second-order valence-electron chi connectivity index (χ2n) is 5.18. The zero-order valence-electron chi connectivity index (χ0n) is 11.3. The molecule has 2 aliphatic heterocycles. The van der Waals surface area contributed by atoms with Crippen LogP contribution in [0.4, 0.5) is 5.95 Å². The first-order chi connectivity index (χ1) is 9.31. The van der Waals surface area contributed by atoms with E-state index in [0.29, 0.717) is 18.3 Å². The Morgan fingerprint density at radius 2 is 2.16 bits per heavy atom. The predicted octanol–water partition coefficient (Wildman–Crippen LogP) is -0.648. The molecule has 0 spiro atoms. The Hall–Kier alpha value is -1.18. The number of nitrogens with zero attached hydrogens (tertiary/aromatic N) is 4. The first-order valence-electron chi connectivity index (χ1n) is 6.89. The molecular formula is C12H21N5O2. The van der Waals surface area contributed by atoms with Crippen LogP contribution in [-0.2, 0) is 11.2 Å². The monoisotopic (exact) mass is 267 g/mol. The summed E-state index contributed by atoms with van der Waals surface area (Å²) in [5.41, 5.74) is 0. The van der Waals surface area contributed by atoms with Gasteiger partial charge in [-0.05, 0) is 12.2 Å². The number of hydrogen-bond acceptors (Lipinski definition) is 7. The molecule has 1 aromatic rings. The summed E-state index contributed by atoms with van der Waals surface area (Å²) in [5, 5.41) is 7.38. The number of nitrogens with one attached hydrogen (secondary N) is 1. The Bertz CT molecular complexity index is 397. The molecule has 0 aromatic carbocycles. The summed E-state index contributed by atoms with van der Waals surface area (Å²) in [6.45, 7) is 6.52. The first kappa shape index (κ1) is 12.8. The van der Waals surface area contributed by atoms with Gasteiger partial charge in [0.25, 0.3) is 5.95 Å². The molecule has 3 rings (SSSR count). The topological polar surface area (TPSA) is 66.7 Å². The standard InChI is InChI=1S/C12H21N5O2/c1-16-3-5-17(6-4-16)12-14-11(19-15-12)8-10-9-13-2-7-18-10/h10,13H,2-9H2,1H3. The first-order valence-corrected chi connectivity index (χ1v) is 6.89. The van der Waals surface area contributed by atoms with Crippen LogP contribution < -0.4 is 10.2 Å². The number of anilines is 1. The van der Waals surface area contributed by atoms with Crippen LogP contribution in [0.2, 0.25) is 0 Å². The van der Waals surface area contributed by atoms with Crippen LogP contribution in [0.25, 0.3) is 0 Å². The molecule has 1 aromatic heterocycles. The summed E-state index contributed by atoms with van der Waals surface area (Å²) in [6, 6.07) is 0. The Morgan fingerprint density at radius 3 is 2.89 bits per heavy atom. The second kappa shape index (κ2) is 5.85. The number of piperazine rings is 1. The third-order valence-corrected chi connectivity index (χ3v) is 3.65. The Kier molecular flexibility index (Phi) is 3.95. The van der Waals surface area contributed by atoms with Crippen LogP contribution in [-0.4, -0.2) is 74.1 Å². The highest BCUT2D eigenvalue weighted by atomic mass is 16.5. The van der Waals surface area contributed by atoms with Gasteiger partial charge >= 0.3 is 0 Å². The number of aromatic nitrogens is 2. The van der Waals surface area contributed by atoms with E-state index in [0.717, 1.165) is 45.9 Å². The SMILES string of the molecule is CN1CCN(c2noc(CC3CNCCO3)n2)CC1. The normalized spacial score (nSPS) is 25.7. The van der Waals surface area contributed by atoms with Gasteiger partial charge in [-0.1, -0.05) is 0 Å². The molecule has 2 saturated heterocycles. The maximum absolute atomic E-state index is 5.64. The van der Waals surface area contributed by atoms with Gasteiger partial charge in [0.1, 0.15) is 0 Å². The summed E-state index contributed by atoms with van der Waals surface area (Å²) in [5.74, 6) is 1.38. The molecule has 7 heteroatoms. The van der Waals surface area contributed by atoms with Gasteiger partial charge in [0.15, 0.2) is 0 Å². The highest BCUT2D eigenvalue weighted by Crippen LogP contribution is 2.13. The third-order valence-electron chi connectivity index (χ3n) is 3.65. The van der Waals surface area contributed by atoms with Crippen molar-refractivity contribution in [1.29, 1.82) is 0 Å². The van der Waals surface area contributed by atoms with Gasteiger partial charge in [0, 0.05) is 39.3 Å². The lowest BCUT2D eigenvalue weighted by Crippen LogP contribution is -2.45. The lowest BCUT2D eigenvalue weighted by atomic mass is 10.2. The largest absolute Gasteiger partial charge is 0.375 e. The Morgan fingerprint density at radius 1 is 1.32 bits per heavy atom. The van der Waals surface area contributed by atoms with Crippen LogP contribution in [0.15, 0.2) is 4.52 Å². The van der Waals surface area contributed by atoms with Gasteiger partial charge in [-0.3, -0.25) is 0 Å². The van der Waals surface area contributed by atoms with E-state index < -0.39 is 0 Å². The molecular weight excluding hydrogens is 246 g/mol. The van der Waals surface area contributed by atoms with Crippen molar-refractivity contribution in [3.63, 3.8) is 0 Å². The quantitative estimate of drug-likeness (QED) is 0.780. The van der Waals surface area contributed by atoms with E-state index >= 15 is 0 Å². The van der Waals surface area contributed by atoms with Crippen molar-refractivity contribution in [2.24, 2.45) is 0 Å². The molecule has 19 heavy (non-hydrogen) atoms. The van der Waals surface area contributed by atoms with E-state index in [2.05, 4.69) is 32.3 Å². The summed E-state index contributed by atoms with van der Waals surface area (Å²) in [4.78, 5) is 8.95. The minimum absolute atomic E-state index is 0.148. The van der Waals surface area contributed by atoms with Gasteiger partial charge in [-0.25, -0.2) is 0 Å². The molecule has 0 amide bonds. The predicted molar refractivity (Wildman–Crippen MR) is 70.3 cm³/mol. The van der Waals surface area contributed by atoms with Crippen molar-refractivity contribution in [1.82, 2.24) is 20.4 Å². The fraction of sp³-hybridized carbons (Fsp3) is 0.833. The molecule has 0 radical (unpaired) electrons. The fourth-order valence-corrected chi connectivity index (χ4v) is 2.41. The molecule has 106 valence electrons. The van der Waals surface area contributed by atoms with Crippen molar-refractivity contribution < 1.29 is 9.26 Å². The zero-order chi connectivity index (χ0) is 13.1. The van der Waals surface area contributed by atoms with Gasteiger partial charge in [-0.2, -0.15) is 4.98 Å². The summed E-state index contributed by atoms with van der Waals surface area (Å²) >= 11 is 0. The average molecular weight is 267 g/mol. The van der Waals surface area contributed by atoms with E-state index in [-0.39, 0.29) is 6.10 Å². The maximum atomic E-state index is 5.64. The number of morpholine rings is 1. The number of likely N-dealkylation sites (N-methyl/N-ethyl adjacent to an activating group) is 1. The van der Waals surface area contributed by atoms with Crippen molar-refractivity contribution in [2.45, 2.75) is 12.5 Å². The van der Waals surface area contributed by atoms with E-state index in [1.54, 1.807) is 0 Å². The number of ether oxygens (including phenoxy) is 1. The van der Waals surface area contributed by atoms with E-state index in [1.165, 1.54) is 0 Å². The van der Waals surface area contributed by atoms with Crippen LogP contribution in [0.3, 0.4) is 0 Å². The number of rotatable bonds is 3. The van der Waals surface area contributed by atoms with Crippen LogP contribution in [0.1, 0.15) is 5.89 Å². The average Bonchev–Trinajstić information content (AvgIpc) is 2.89. The lowest BCUT2D eigenvalue weighted by Gasteiger charge is -2.31. The minimum atomic E-state index is 0.148. The smallest absolute Gasteiger partial charge is 0.266 e. The second-order valence-corrected chi connectivity index (χ2v) is 5.18. The molecule has 1 atom stereocenters. The lowest BCUT2D eigenvalue weighted by molar-refractivity contribution is 0.0246. The molecule has 3 heterocycles. The number of hydrogen-bond donors (Lipinski definition) is 1. The van der Waals surface area contributed by atoms with Crippen molar-refractivity contribution in [3.8, 4) is 0 Å². The molecule has 2 fully saturated rings. The van der Waals surface area contributed by atoms with Crippen LogP contribution in [0.5, 0.6) is 0 Å². The molecule has 0 saturated carbocycles. The van der Waals surface area contributed by atoms with Crippen molar-refractivity contribution >= 4 is 5.95 Å². The fourth-order valence-electron chi connectivity index (χ4n) is 2.41. The van der Waals surface area contributed by atoms with Crippen molar-refractivity contribution in [2.75, 3.05) is 57.8 Å². The van der Waals surface area contributed by atoms with Gasteiger partial charge in [0.05, 0.1) is 19.1 Å². The summed E-state index contributed by atoms with van der Waals surface area (Å²) in [6.07, 6.45) is 0.836. The zero-order valence-corrected chi connectivity index (χ0v) is 11.3. The van der Waals surface area contributed by atoms with Crippen LogP contribution >= 0.6 is 0 Å².